The zero-order chi connectivity index (χ0) is 8.69. The highest BCUT2D eigenvalue weighted by Crippen LogP contribution is 1.88. The van der Waals surface area contributed by atoms with Crippen molar-refractivity contribution >= 4 is 5.91 Å². The first-order chi connectivity index (χ1) is 5.26. The van der Waals surface area contributed by atoms with Crippen LogP contribution in [0.3, 0.4) is 0 Å². The van der Waals surface area contributed by atoms with Crippen molar-refractivity contribution in [3.05, 3.63) is 12.7 Å². The number of hydrazine groups is 1. The lowest BCUT2D eigenvalue weighted by atomic mass is 10.4. The fourth-order valence-corrected chi connectivity index (χ4v) is 0.792. The first-order valence-electron chi connectivity index (χ1n) is 3.93. The number of nitrogens with one attached hydrogen (secondary N) is 1. The molecule has 0 aromatic rings. The quantitative estimate of drug-likeness (QED) is 0.474. The molecule has 1 N–H and O–H groups in total. The van der Waals surface area contributed by atoms with Gasteiger partial charge < -0.3 is 0 Å². The van der Waals surface area contributed by atoms with Gasteiger partial charge in [-0.1, -0.05) is 20.4 Å². The van der Waals surface area contributed by atoms with Gasteiger partial charge in [0, 0.05) is 13.1 Å². The summed E-state index contributed by atoms with van der Waals surface area (Å²) in [6.45, 7) is 8.90. The van der Waals surface area contributed by atoms with E-state index in [0.717, 1.165) is 19.5 Å². The Bertz CT molecular complexity index is 128. The summed E-state index contributed by atoms with van der Waals surface area (Å²) in [4.78, 5) is 11.0. The van der Waals surface area contributed by atoms with Crippen LogP contribution in [-0.4, -0.2) is 24.0 Å². The molecule has 0 bridgehead atoms. The lowest BCUT2D eigenvalue weighted by Crippen LogP contribution is -2.42. The second-order valence-corrected chi connectivity index (χ2v) is 2.21. The second-order valence-electron chi connectivity index (χ2n) is 2.21. The van der Waals surface area contributed by atoms with Crippen LogP contribution < -0.4 is 5.43 Å². The third kappa shape index (κ3) is 3.78. The van der Waals surface area contributed by atoms with Crippen molar-refractivity contribution in [3.63, 3.8) is 0 Å². The molecule has 11 heavy (non-hydrogen) atoms. The fraction of sp³-hybridized carbons (Fsp3) is 0.625. The van der Waals surface area contributed by atoms with Crippen LogP contribution in [0.2, 0.25) is 0 Å². The van der Waals surface area contributed by atoms with E-state index in [1.54, 1.807) is 5.01 Å². The molecule has 0 aliphatic rings. The average Bonchev–Trinajstić information content (AvgIpc) is 2.03. The highest BCUT2D eigenvalue weighted by atomic mass is 16.2. The summed E-state index contributed by atoms with van der Waals surface area (Å²) < 4.78 is 0. The molecule has 64 valence electrons. The smallest absolute Gasteiger partial charge is 0.260 e. The van der Waals surface area contributed by atoms with Gasteiger partial charge in [0.05, 0.1) is 0 Å². The Morgan fingerprint density at radius 3 is 2.64 bits per heavy atom. The standard InChI is InChI=1S/C8H16N2O/c1-4-7-10(9-6-3)8(11)5-2/h5,9H,2,4,6-7H2,1,3H3. The Kier molecular flexibility index (Phi) is 5.47. The van der Waals surface area contributed by atoms with Crippen LogP contribution in [0.15, 0.2) is 12.7 Å². The summed E-state index contributed by atoms with van der Waals surface area (Å²) in [7, 11) is 0. The summed E-state index contributed by atoms with van der Waals surface area (Å²) in [6, 6.07) is 0. The van der Waals surface area contributed by atoms with Crippen molar-refractivity contribution in [3.8, 4) is 0 Å². The minimum absolute atomic E-state index is 0.0614. The van der Waals surface area contributed by atoms with Crippen molar-refractivity contribution in [2.24, 2.45) is 0 Å². The predicted octanol–water partition coefficient (Wildman–Crippen LogP) is 0.935. The van der Waals surface area contributed by atoms with Crippen LogP contribution >= 0.6 is 0 Å². The van der Waals surface area contributed by atoms with Gasteiger partial charge in [0.15, 0.2) is 0 Å². The maximum Gasteiger partial charge on any atom is 0.260 e. The summed E-state index contributed by atoms with van der Waals surface area (Å²) in [6.07, 6.45) is 2.27. The van der Waals surface area contributed by atoms with Crippen molar-refractivity contribution < 1.29 is 4.79 Å². The summed E-state index contributed by atoms with van der Waals surface area (Å²) in [5, 5.41) is 1.58. The van der Waals surface area contributed by atoms with Crippen LogP contribution in [0.1, 0.15) is 20.3 Å². The number of rotatable bonds is 5. The van der Waals surface area contributed by atoms with Gasteiger partial charge in [-0.25, -0.2) is 5.43 Å². The maximum atomic E-state index is 11.0. The Morgan fingerprint density at radius 1 is 1.64 bits per heavy atom. The van der Waals surface area contributed by atoms with E-state index in [-0.39, 0.29) is 5.91 Å². The number of nitrogens with zero attached hydrogens (tertiary/aromatic N) is 1. The topological polar surface area (TPSA) is 32.3 Å². The summed E-state index contributed by atoms with van der Waals surface area (Å²) >= 11 is 0. The molecule has 0 atom stereocenters. The maximum absolute atomic E-state index is 11.0. The number of hydrogen-bond acceptors (Lipinski definition) is 2. The number of carbonyl (C=O) groups is 1. The molecule has 0 saturated carbocycles. The molecule has 0 spiro atoms. The van der Waals surface area contributed by atoms with Gasteiger partial charge in [0.1, 0.15) is 0 Å². The number of carbonyl (C=O) groups excluding carboxylic acids is 1. The van der Waals surface area contributed by atoms with Gasteiger partial charge in [-0.3, -0.25) is 9.80 Å². The van der Waals surface area contributed by atoms with Gasteiger partial charge in [0.2, 0.25) is 0 Å². The van der Waals surface area contributed by atoms with E-state index in [4.69, 9.17) is 0 Å². The molecule has 3 nitrogen and oxygen atoms in total. The molecular formula is C8H16N2O. The molecular weight excluding hydrogens is 140 g/mol. The Hall–Kier alpha value is -0.830. The van der Waals surface area contributed by atoms with Gasteiger partial charge in [-0.15, -0.1) is 0 Å². The molecule has 0 aromatic heterocycles. The van der Waals surface area contributed by atoms with E-state index in [1.807, 2.05) is 13.8 Å². The third-order valence-corrected chi connectivity index (χ3v) is 1.24. The molecule has 0 aromatic carbocycles. The van der Waals surface area contributed by atoms with Crippen LogP contribution in [-0.2, 0) is 4.79 Å². The molecule has 0 aliphatic carbocycles. The van der Waals surface area contributed by atoms with Gasteiger partial charge >= 0.3 is 0 Å². The minimum atomic E-state index is -0.0614. The Labute approximate surface area is 68.0 Å². The van der Waals surface area contributed by atoms with Crippen LogP contribution in [0.25, 0.3) is 0 Å². The van der Waals surface area contributed by atoms with Gasteiger partial charge in [-0.05, 0) is 12.5 Å². The second kappa shape index (κ2) is 5.92. The van der Waals surface area contributed by atoms with Crippen molar-refractivity contribution in [2.45, 2.75) is 20.3 Å². The zero-order valence-electron chi connectivity index (χ0n) is 7.26. The molecule has 0 fully saturated rings. The SMILES string of the molecule is C=CC(=O)N(CCC)NCC. The molecule has 1 amide bonds. The normalized spacial score (nSPS) is 9.27. The highest BCUT2D eigenvalue weighted by molar-refractivity contribution is 5.86. The average molecular weight is 156 g/mol. The monoisotopic (exact) mass is 156 g/mol. The predicted molar refractivity (Wildman–Crippen MR) is 45.9 cm³/mol. The van der Waals surface area contributed by atoms with E-state index in [2.05, 4.69) is 12.0 Å². The molecule has 0 aliphatic heterocycles. The lowest BCUT2D eigenvalue weighted by molar-refractivity contribution is -0.129. The van der Waals surface area contributed by atoms with Crippen LogP contribution in [0.4, 0.5) is 0 Å². The van der Waals surface area contributed by atoms with E-state index in [9.17, 15) is 4.79 Å². The molecule has 0 unspecified atom stereocenters. The van der Waals surface area contributed by atoms with E-state index in [0.29, 0.717) is 0 Å². The van der Waals surface area contributed by atoms with E-state index in [1.165, 1.54) is 6.08 Å². The van der Waals surface area contributed by atoms with Crippen molar-refractivity contribution in [2.75, 3.05) is 13.1 Å². The largest absolute Gasteiger partial charge is 0.274 e. The first kappa shape index (κ1) is 10.2. The Balaban J connectivity index is 3.86. The lowest BCUT2D eigenvalue weighted by Gasteiger charge is -2.20. The zero-order valence-corrected chi connectivity index (χ0v) is 7.26. The van der Waals surface area contributed by atoms with Crippen LogP contribution in [0, 0.1) is 0 Å². The Morgan fingerprint density at radius 2 is 2.27 bits per heavy atom. The summed E-state index contributed by atoms with van der Waals surface area (Å²) in [5.41, 5.74) is 2.95. The van der Waals surface area contributed by atoms with Crippen LogP contribution in [0.5, 0.6) is 0 Å². The number of amides is 1. The molecule has 0 saturated heterocycles. The first-order valence-corrected chi connectivity index (χ1v) is 3.93. The molecule has 0 heterocycles. The van der Waals surface area contributed by atoms with Crippen molar-refractivity contribution in [1.29, 1.82) is 0 Å². The van der Waals surface area contributed by atoms with Crippen molar-refractivity contribution in [1.82, 2.24) is 10.4 Å². The van der Waals surface area contributed by atoms with Gasteiger partial charge in [0.25, 0.3) is 5.91 Å². The molecule has 0 rings (SSSR count). The fourth-order valence-electron chi connectivity index (χ4n) is 0.792. The molecule has 3 heteroatoms. The minimum Gasteiger partial charge on any atom is -0.274 e. The summed E-state index contributed by atoms with van der Waals surface area (Å²) in [5.74, 6) is -0.0614. The molecule has 0 radical (unpaired) electrons. The third-order valence-electron chi connectivity index (χ3n) is 1.24. The van der Waals surface area contributed by atoms with Gasteiger partial charge in [-0.2, -0.15) is 0 Å². The number of hydrogen-bond donors (Lipinski definition) is 1. The highest BCUT2D eigenvalue weighted by Gasteiger charge is 2.05. The van der Waals surface area contributed by atoms with E-state index >= 15 is 0 Å². The van der Waals surface area contributed by atoms with E-state index < -0.39 is 0 Å².